The van der Waals surface area contributed by atoms with Gasteiger partial charge in [-0.1, -0.05) is 29.8 Å². The van der Waals surface area contributed by atoms with Crippen molar-refractivity contribution in [2.24, 2.45) is 0 Å². The predicted molar refractivity (Wildman–Crippen MR) is 102 cm³/mol. The second-order valence-corrected chi connectivity index (χ2v) is 7.13. The monoisotopic (exact) mass is 391 g/mol. The van der Waals surface area contributed by atoms with Crippen LogP contribution in [0.3, 0.4) is 0 Å². The van der Waals surface area contributed by atoms with Crippen LogP contribution in [-0.2, 0) is 4.79 Å². The minimum Gasteiger partial charge on any atom is -0.351 e. The fraction of sp³-hybridized carbons (Fsp3) is 0.118. The van der Waals surface area contributed by atoms with Gasteiger partial charge in [-0.3, -0.25) is 9.59 Å². The molecule has 0 aliphatic carbocycles. The molecule has 2 aromatic heterocycles. The maximum absolute atomic E-state index is 12.0. The number of hydrogen-bond acceptors (Lipinski definition) is 5. The molecule has 0 unspecified atom stereocenters. The van der Waals surface area contributed by atoms with E-state index in [0.29, 0.717) is 15.7 Å². The molecule has 0 fully saturated rings. The van der Waals surface area contributed by atoms with Gasteiger partial charge in [0.1, 0.15) is 0 Å². The molecule has 0 radical (unpaired) electrons. The lowest BCUT2D eigenvalue weighted by Gasteiger charge is -2.04. The van der Waals surface area contributed by atoms with Gasteiger partial charge in [0.15, 0.2) is 5.13 Å². The SMILES string of the molecule is O=C(CCNC(=O)c1ccsc1)Nc1nc(-c2ccccc2Cl)cs1. The van der Waals surface area contributed by atoms with Crippen LogP contribution in [0.5, 0.6) is 0 Å². The van der Waals surface area contributed by atoms with Crippen LogP contribution < -0.4 is 10.6 Å². The van der Waals surface area contributed by atoms with E-state index < -0.39 is 0 Å². The van der Waals surface area contributed by atoms with Gasteiger partial charge in [-0.15, -0.1) is 11.3 Å². The van der Waals surface area contributed by atoms with E-state index in [-0.39, 0.29) is 24.8 Å². The summed E-state index contributed by atoms with van der Waals surface area (Å²) >= 11 is 8.94. The molecule has 8 heteroatoms. The van der Waals surface area contributed by atoms with Crippen molar-refractivity contribution in [1.29, 1.82) is 0 Å². The molecule has 2 N–H and O–H groups in total. The van der Waals surface area contributed by atoms with Gasteiger partial charge in [0.05, 0.1) is 5.69 Å². The van der Waals surface area contributed by atoms with Crippen molar-refractivity contribution in [3.05, 3.63) is 57.1 Å². The normalized spacial score (nSPS) is 10.4. The van der Waals surface area contributed by atoms with E-state index >= 15 is 0 Å². The first-order chi connectivity index (χ1) is 12.1. The maximum Gasteiger partial charge on any atom is 0.252 e. The summed E-state index contributed by atoms with van der Waals surface area (Å²) in [6.07, 6.45) is 0.177. The van der Waals surface area contributed by atoms with Crippen LogP contribution in [0.4, 0.5) is 5.13 Å². The Balaban J connectivity index is 1.50. The first-order valence-electron chi connectivity index (χ1n) is 7.44. The Labute approximate surface area is 157 Å². The molecule has 3 rings (SSSR count). The van der Waals surface area contributed by atoms with Crippen molar-refractivity contribution >= 4 is 51.2 Å². The standard InChI is InChI=1S/C17H14ClN3O2S2/c18-13-4-2-1-3-12(13)14-10-25-17(20-14)21-15(22)5-7-19-16(23)11-6-8-24-9-11/h1-4,6,8-10H,5,7H2,(H,19,23)(H,20,21,22). The molecule has 0 bridgehead atoms. The summed E-state index contributed by atoms with van der Waals surface area (Å²) in [6.45, 7) is 0.267. The molecule has 2 amide bonds. The number of nitrogens with one attached hydrogen (secondary N) is 2. The minimum atomic E-state index is -0.203. The number of thiazole rings is 1. The van der Waals surface area contributed by atoms with E-state index in [1.165, 1.54) is 22.7 Å². The fourth-order valence-electron chi connectivity index (χ4n) is 2.09. The Morgan fingerprint density at radius 1 is 1.16 bits per heavy atom. The average Bonchev–Trinajstić information content (AvgIpc) is 3.27. The number of amides is 2. The Kier molecular flexibility index (Phi) is 5.80. The largest absolute Gasteiger partial charge is 0.351 e. The van der Waals surface area contributed by atoms with Crippen molar-refractivity contribution in [2.45, 2.75) is 6.42 Å². The van der Waals surface area contributed by atoms with Crippen molar-refractivity contribution in [2.75, 3.05) is 11.9 Å². The molecule has 0 aliphatic heterocycles. The number of thiophene rings is 1. The van der Waals surface area contributed by atoms with E-state index in [9.17, 15) is 9.59 Å². The van der Waals surface area contributed by atoms with Crippen molar-refractivity contribution < 1.29 is 9.59 Å². The van der Waals surface area contributed by atoms with Gasteiger partial charge in [0, 0.05) is 39.9 Å². The lowest BCUT2D eigenvalue weighted by atomic mass is 10.2. The Hall–Kier alpha value is -2.22. The van der Waals surface area contributed by atoms with Gasteiger partial charge < -0.3 is 10.6 Å². The Morgan fingerprint density at radius 2 is 2.00 bits per heavy atom. The fourth-order valence-corrected chi connectivity index (χ4v) is 3.69. The van der Waals surface area contributed by atoms with Gasteiger partial charge in [0.2, 0.25) is 5.91 Å². The highest BCUT2D eigenvalue weighted by Gasteiger charge is 2.11. The number of benzene rings is 1. The molecule has 128 valence electrons. The second kappa shape index (κ2) is 8.24. The molecule has 0 aliphatic rings. The van der Waals surface area contributed by atoms with Crippen LogP contribution >= 0.6 is 34.3 Å². The highest BCUT2D eigenvalue weighted by molar-refractivity contribution is 7.14. The van der Waals surface area contributed by atoms with Crippen LogP contribution in [0.15, 0.2) is 46.5 Å². The van der Waals surface area contributed by atoms with Crippen LogP contribution in [0, 0.1) is 0 Å². The Bertz CT molecular complexity index is 878. The third-order valence-electron chi connectivity index (χ3n) is 3.32. The highest BCUT2D eigenvalue weighted by atomic mass is 35.5. The van der Waals surface area contributed by atoms with Gasteiger partial charge in [-0.05, 0) is 17.5 Å². The molecule has 5 nitrogen and oxygen atoms in total. The first-order valence-corrected chi connectivity index (χ1v) is 9.64. The molecule has 0 atom stereocenters. The summed E-state index contributed by atoms with van der Waals surface area (Å²) in [7, 11) is 0. The van der Waals surface area contributed by atoms with Gasteiger partial charge in [0.25, 0.3) is 5.91 Å². The van der Waals surface area contributed by atoms with E-state index in [1.807, 2.05) is 29.0 Å². The average molecular weight is 392 g/mol. The zero-order chi connectivity index (χ0) is 17.6. The number of anilines is 1. The first kappa shape index (κ1) is 17.6. The summed E-state index contributed by atoms with van der Waals surface area (Å²) in [4.78, 5) is 28.1. The van der Waals surface area contributed by atoms with Crippen molar-refractivity contribution in [1.82, 2.24) is 10.3 Å². The molecular formula is C17H14ClN3O2S2. The number of carbonyl (C=O) groups excluding carboxylic acids is 2. The van der Waals surface area contributed by atoms with E-state index in [1.54, 1.807) is 17.5 Å². The summed E-state index contributed by atoms with van der Waals surface area (Å²) in [6, 6.07) is 9.15. The smallest absolute Gasteiger partial charge is 0.252 e. The summed E-state index contributed by atoms with van der Waals surface area (Å²) < 4.78 is 0. The molecule has 1 aromatic carbocycles. The van der Waals surface area contributed by atoms with Gasteiger partial charge in [-0.25, -0.2) is 4.98 Å². The van der Waals surface area contributed by atoms with Crippen LogP contribution in [0.2, 0.25) is 5.02 Å². The third kappa shape index (κ3) is 4.66. The summed E-state index contributed by atoms with van der Waals surface area (Å²) in [5.74, 6) is -0.380. The quantitative estimate of drug-likeness (QED) is 0.658. The summed E-state index contributed by atoms with van der Waals surface area (Å²) in [5.41, 5.74) is 2.15. The highest BCUT2D eigenvalue weighted by Crippen LogP contribution is 2.30. The number of aromatic nitrogens is 1. The molecule has 3 aromatic rings. The molecule has 0 saturated carbocycles. The van der Waals surface area contributed by atoms with Gasteiger partial charge in [-0.2, -0.15) is 11.3 Å². The lowest BCUT2D eigenvalue weighted by Crippen LogP contribution is -2.27. The maximum atomic E-state index is 12.0. The van der Waals surface area contributed by atoms with E-state index in [2.05, 4.69) is 15.6 Å². The molecule has 25 heavy (non-hydrogen) atoms. The van der Waals surface area contributed by atoms with E-state index in [4.69, 9.17) is 11.6 Å². The zero-order valence-electron chi connectivity index (χ0n) is 13.0. The molecule has 0 spiro atoms. The summed E-state index contributed by atoms with van der Waals surface area (Å²) in [5, 5.41) is 12.0. The third-order valence-corrected chi connectivity index (χ3v) is 5.09. The van der Waals surface area contributed by atoms with Crippen LogP contribution in [0.1, 0.15) is 16.8 Å². The number of nitrogens with zero attached hydrogens (tertiary/aromatic N) is 1. The molecular weight excluding hydrogens is 378 g/mol. The minimum absolute atomic E-state index is 0.177. The number of hydrogen-bond donors (Lipinski definition) is 2. The number of carbonyl (C=O) groups is 2. The second-order valence-electron chi connectivity index (χ2n) is 5.08. The van der Waals surface area contributed by atoms with Crippen molar-refractivity contribution in [3.8, 4) is 11.3 Å². The zero-order valence-corrected chi connectivity index (χ0v) is 15.4. The van der Waals surface area contributed by atoms with Crippen molar-refractivity contribution in [3.63, 3.8) is 0 Å². The van der Waals surface area contributed by atoms with Crippen LogP contribution in [0.25, 0.3) is 11.3 Å². The lowest BCUT2D eigenvalue weighted by molar-refractivity contribution is -0.116. The topological polar surface area (TPSA) is 71.1 Å². The van der Waals surface area contributed by atoms with E-state index in [0.717, 1.165) is 11.3 Å². The van der Waals surface area contributed by atoms with Crippen LogP contribution in [-0.4, -0.2) is 23.3 Å². The number of halogens is 1. The predicted octanol–water partition coefficient (Wildman–Crippen LogP) is 4.28. The molecule has 0 saturated heterocycles. The van der Waals surface area contributed by atoms with Gasteiger partial charge >= 0.3 is 0 Å². The number of rotatable bonds is 6. The molecule has 2 heterocycles. The Morgan fingerprint density at radius 3 is 2.76 bits per heavy atom.